The fourth-order valence-electron chi connectivity index (χ4n) is 2.59. The van der Waals surface area contributed by atoms with E-state index in [4.69, 9.17) is 11.6 Å². The monoisotopic (exact) mass is 248 g/mol. The Morgan fingerprint density at radius 2 is 2.24 bits per heavy atom. The molecule has 1 heterocycles. The van der Waals surface area contributed by atoms with Gasteiger partial charge in [-0.15, -0.1) is 0 Å². The molecular weight excluding hydrogens is 236 g/mol. The average Bonchev–Trinajstić information content (AvgIpc) is 2.77. The number of nitrogens with one attached hydrogen (secondary N) is 1. The molecule has 3 rings (SSSR count). The highest BCUT2D eigenvalue weighted by Crippen LogP contribution is 2.31. The third-order valence-electron chi connectivity index (χ3n) is 3.45. The SMILES string of the molecule is O=C1NC(c2cccc(Cl)c2)=N[C@H]2CCC[C@@H]12. The molecular formula is C13H13ClN2O. The van der Waals surface area contributed by atoms with Crippen LogP contribution >= 0.6 is 11.6 Å². The first-order chi connectivity index (χ1) is 8.24. The van der Waals surface area contributed by atoms with E-state index in [0.717, 1.165) is 24.8 Å². The van der Waals surface area contributed by atoms with E-state index in [-0.39, 0.29) is 17.9 Å². The molecule has 17 heavy (non-hydrogen) atoms. The number of carbonyl (C=O) groups excluding carboxylic acids is 1. The largest absolute Gasteiger partial charge is 0.310 e. The molecule has 2 aliphatic rings. The van der Waals surface area contributed by atoms with Gasteiger partial charge in [0.05, 0.1) is 12.0 Å². The number of halogens is 1. The molecule has 1 N–H and O–H groups in total. The lowest BCUT2D eigenvalue weighted by atomic mass is 10.0. The smallest absolute Gasteiger partial charge is 0.230 e. The van der Waals surface area contributed by atoms with Crippen LogP contribution in [0.5, 0.6) is 0 Å². The van der Waals surface area contributed by atoms with Crippen LogP contribution in [0.25, 0.3) is 0 Å². The van der Waals surface area contributed by atoms with E-state index < -0.39 is 0 Å². The zero-order chi connectivity index (χ0) is 11.8. The topological polar surface area (TPSA) is 41.5 Å². The summed E-state index contributed by atoms with van der Waals surface area (Å²) in [6.07, 6.45) is 3.07. The molecule has 0 bridgehead atoms. The van der Waals surface area contributed by atoms with E-state index >= 15 is 0 Å². The average molecular weight is 249 g/mol. The molecule has 88 valence electrons. The lowest BCUT2D eigenvalue weighted by molar-refractivity contribution is -0.124. The van der Waals surface area contributed by atoms with E-state index in [1.54, 1.807) is 0 Å². The van der Waals surface area contributed by atoms with Crippen LogP contribution < -0.4 is 5.32 Å². The summed E-state index contributed by atoms with van der Waals surface area (Å²) >= 11 is 5.94. The van der Waals surface area contributed by atoms with Crippen LogP contribution in [0.1, 0.15) is 24.8 Å². The molecule has 1 aliphatic carbocycles. The summed E-state index contributed by atoms with van der Waals surface area (Å²) < 4.78 is 0. The molecule has 1 saturated carbocycles. The summed E-state index contributed by atoms with van der Waals surface area (Å²) in [5, 5.41) is 3.54. The van der Waals surface area contributed by atoms with E-state index in [0.29, 0.717) is 10.9 Å². The first-order valence-electron chi connectivity index (χ1n) is 5.88. The maximum Gasteiger partial charge on any atom is 0.230 e. The first kappa shape index (κ1) is 10.8. The predicted molar refractivity (Wildman–Crippen MR) is 67.3 cm³/mol. The van der Waals surface area contributed by atoms with Crippen LogP contribution in [0.15, 0.2) is 29.3 Å². The van der Waals surface area contributed by atoms with Crippen molar-refractivity contribution in [2.75, 3.05) is 0 Å². The second-order valence-corrected chi connectivity index (χ2v) is 5.02. The molecule has 4 heteroatoms. The number of hydrogen-bond acceptors (Lipinski definition) is 2. The minimum atomic E-state index is 0.0814. The third-order valence-corrected chi connectivity index (χ3v) is 3.69. The molecule has 3 nitrogen and oxygen atoms in total. The van der Waals surface area contributed by atoms with Crippen molar-refractivity contribution in [3.63, 3.8) is 0 Å². The Hall–Kier alpha value is -1.35. The van der Waals surface area contributed by atoms with Crippen molar-refractivity contribution in [2.45, 2.75) is 25.3 Å². The predicted octanol–water partition coefficient (Wildman–Crippen LogP) is 2.39. The number of benzene rings is 1. The molecule has 0 aromatic heterocycles. The number of carbonyl (C=O) groups is 1. The van der Waals surface area contributed by atoms with Gasteiger partial charge < -0.3 is 5.32 Å². The number of nitrogens with zero attached hydrogens (tertiary/aromatic N) is 1. The van der Waals surface area contributed by atoms with Gasteiger partial charge in [-0.3, -0.25) is 9.79 Å². The van der Waals surface area contributed by atoms with Gasteiger partial charge >= 0.3 is 0 Å². The second-order valence-electron chi connectivity index (χ2n) is 4.58. The van der Waals surface area contributed by atoms with Crippen molar-refractivity contribution < 1.29 is 4.79 Å². The number of amides is 1. The van der Waals surface area contributed by atoms with Gasteiger partial charge in [-0.2, -0.15) is 0 Å². The van der Waals surface area contributed by atoms with Crippen molar-refractivity contribution >= 4 is 23.3 Å². The first-order valence-corrected chi connectivity index (χ1v) is 6.26. The van der Waals surface area contributed by atoms with Crippen LogP contribution in [0.3, 0.4) is 0 Å². The maximum absolute atomic E-state index is 11.9. The van der Waals surface area contributed by atoms with Gasteiger partial charge in [0.25, 0.3) is 0 Å². The van der Waals surface area contributed by atoms with E-state index in [1.165, 1.54) is 0 Å². The van der Waals surface area contributed by atoms with E-state index in [9.17, 15) is 4.79 Å². The molecule has 0 unspecified atom stereocenters. The summed E-state index contributed by atoms with van der Waals surface area (Å²) in [6.45, 7) is 0. The van der Waals surface area contributed by atoms with Crippen LogP contribution in [0.4, 0.5) is 0 Å². The highest BCUT2D eigenvalue weighted by atomic mass is 35.5. The molecule has 1 aliphatic heterocycles. The van der Waals surface area contributed by atoms with Crippen LogP contribution in [-0.4, -0.2) is 17.8 Å². The highest BCUT2D eigenvalue weighted by Gasteiger charge is 2.36. The van der Waals surface area contributed by atoms with Gasteiger partial charge in [0.15, 0.2) is 0 Å². The maximum atomic E-state index is 11.9. The highest BCUT2D eigenvalue weighted by molar-refractivity contribution is 6.31. The Morgan fingerprint density at radius 3 is 3.06 bits per heavy atom. The summed E-state index contributed by atoms with van der Waals surface area (Å²) in [5.74, 6) is 0.857. The Labute approximate surface area is 105 Å². The summed E-state index contributed by atoms with van der Waals surface area (Å²) in [7, 11) is 0. The molecule has 1 aromatic carbocycles. The fourth-order valence-corrected chi connectivity index (χ4v) is 2.78. The third kappa shape index (κ3) is 1.95. The summed E-state index contributed by atoms with van der Waals surface area (Å²) in [5.41, 5.74) is 0.885. The lowest BCUT2D eigenvalue weighted by Crippen LogP contribution is -2.44. The van der Waals surface area contributed by atoms with Crippen molar-refractivity contribution in [3.8, 4) is 0 Å². The van der Waals surface area contributed by atoms with Crippen LogP contribution in [-0.2, 0) is 4.79 Å². The van der Waals surface area contributed by atoms with Crippen molar-refractivity contribution in [1.29, 1.82) is 0 Å². The van der Waals surface area contributed by atoms with E-state index in [2.05, 4.69) is 10.3 Å². The van der Waals surface area contributed by atoms with Gasteiger partial charge in [-0.05, 0) is 25.0 Å². The molecule has 0 radical (unpaired) electrons. The minimum Gasteiger partial charge on any atom is -0.310 e. The molecule has 0 spiro atoms. The Morgan fingerprint density at radius 1 is 1.35 bits per heavy atom. The van der Waals surface area contributed by atoms with Crippen molar-refractivity contribution in [1.82, 2.24) is 5.32 Å². The van der Waals surface area contributed by atoms with Crippen LogP contribution in [0, 0.1) is 5.92 Å². The van der Waals surface area contributed by atoms with Crippen molar-refractivity contribution in [3.05, 3.63) is 34.9 Å². The van der Waals surface area contributed by atoms with Gasteiger partial charge in [0.2, 0.25) is 5.91 Å². The quantitative estimate of drug-likeness (QED) is 0.815. The minimum absolute atomic E-state index is 0.0814. The van der Waals surface area contributed by atoms with Crippen molar-refractivity contribution in [2.24, 2.45) is 10.9 Å². The molecule has 0 saturated heterocycles. The number of hydrogen-bond donors (Lipinski definition) is 1. The zero-order valence-electron chi connectivity index (χ0n) is 9.32. The zero-order valence-corrected chi connectivity index (χ0v) is 10.1. The normalized spacial score (nSPS) is 27.4. The molecule has 1 fully saturated rings. The van der Waals surface area contributed by atoms with Crippen LogP contribution in [0.2, 0.25) is 5.02 Å². The Kier molecular flexibility index (Phi) is 2.63. The summed E-state index contributed by atoms with van der Waals surface area (Å²) in [6, 6.07) is 7.59. The number of amidine groups is 1. The number of rotatable bonds is 1. The Bertz CT molecular complexity index is 498. The number of fused-ring (bicyclic) bond motifs is 1. The van der Waals surface area contributed by atoms with Gasteiger partial charge in [0, 0.05) is 10.6 Å². The second kappa shape index (κ2) is 4.15. The standard InChI is InChI=1S/C13H13ClN2O/c14-9-4-1-3-8(7-9)12-15-11-6-2-5-10(11)13(17)16-12/h1,3-4,7,10-11H,2,5-6H2,(H,15,16,17)/t10-,11+/m1/s1. The molecule has 1 amide bonds. The molecule has 2 atom stereocenters. The van der Waals surface area contributed by atoms with E-state index in [1.807, 2.05) is 24.3 Å². The lowest BCUT2D eigenvalue weighted by Gasteiger charge is -2.23. The number of aliphatic imine (C=N–C) groups is 1. The van der Waals surface area contributed by atoms with Gasteiger partial charge in [0.1, 0.15) is 5.84 Å². The van der Waals surface area contributed by atoms with Gasteiger partial charge in [-0.25, -0.2) is 0 Å². The molecule has 1 aromatic rings. The summed E-state index contributed by atoms with van der Waals surface area (Å²) in [4.78, 5) is 16.6. The fraction of sp³-hybridized carbons (Fsp3) is 0.385. The Balaban J connectivity index is 1.96. The van der Waals surface area contributed by atoms with Gasteiger partial charge in [-0.1, -0.05) is 30.2 Å².